The van der Waals surface area contributed by atoms with Crippen molar-refractivity contribution < 1.29 is 4.74 Å². The summed E-state index contributed by atoms with van der Waals surface area (Å²) in [5.74, 6) is 12.1. The predicted molar refractivity (Wildman–Crippen MR) is 103 cm³/mol. The summed E-state index contributed by atoms with van der Waals surface area (Å²) in [5.41, 5.74) is 3.85. The van der Waals surface area contributed by atoms with Gasteiger partial charge in [-0.15, -0.1) is 49.4 Å². The van der Waals surface area contributed by atoms with Gasteiger partial charge in [0.15, 0.2) is 0 Å². The first-order chi connectivity index (χ1) is 12.2. The van der Waals surface area contributed by atoms with Crippen LogP contribution in [0.2, 0.25) is 0 Å². The molecule has 0 aliphatic rings. The Hall–Kier alpha value is -3.52. The normalized spacial score (nSPS) is 9.28. The Morgan fingerprint density at radius 3 is 1.36 bits per heavy atom. The lowest BCUT2D eigenvalue weighted by Gasteiger charge is -2.16. The molecule has 0 aliphatic carbocycles. The molecule has 0 heterocycles. The van der Waals surface area contributed by atoms with Gasteiger partial charge in [0.05, 0.1) is 0 Å². The van der Waals surface area contributed by atoms with E-state index >= 15 is 0 Å². The highest BCUT2D eigenvalue weighted by molar-refractivity contribution is 5.50. The van der Waals surface area contributed by atoms with Crippen LogP contribution in [0.4, 0.5) is 0 Å². The summed E-state index contributed by atoms with van der Waals surface area (Å²) < 4.78 is 6.19. The summed E-state index contributed by atoms with van der Waals surface area (Å²) >= 11 is 0. The third kappa shape index (κ3) is 4.27. The first-order valence-electron chi connectivity index (χ1n) is 7.88. The van der Waals surface area contributed by atoms with E-state index in [1.54, 1.807) is 0 Å². The molecule has 0 unspecified atom stereocenters. The highest BCUT2D eigenvalue weighted by Crippen LogP contribution is 2.32. The van der Waals surface area contributed by atoms with Crippen molar-refractivity contribution in [3.8, 4) is 60.9 Å². The van der Waals surface area contributed by atoms with Gasteiger partial charge in [0.1, 0.15) is 11.5 Å². The highest BCUT2D eigenvalue weighted by Gasteiger charge is 2.13. The highest BCUT2D eigenvalue weighted by atomic mass is 16.5. The minimum atomic E-state index is 0.446. The molecule has 0 amide bonds. The fourth-order valence-corrected chi connectivity index (χ4v) is 2.69. The van der Waals surface area contributed by atoms with E-state index in [-0.39, 0.29) is 0 Å². The molecule has 0 saturated heterocycles. The maximum Gasteiger partial charge on any atom is 0.131 e. The van der Waals surface area contributed by atoms with E-state index in [0.29, 0.717) is 37.2 Å². The van der Waals surface area contributed by atoms with Crippen LogP contribution in [0.15, 0.2) is 36.4 Å². The first kappa shape index (κ1) is 17.8. The van der Waals surface area contributed by atoms with E-state index in [2.05, 4.69) is 23.7 Å². The van der Waals surface area contributed by atoms with Gasteiger partial charge in [-0.3, -0.25) is 0 Å². The number of terminal acetylenes is 4. The molecule has 0 radical (unpaired) electrons. The molecule has 0 N–H and O–H groups in total. The minimum Gasteiger partial charge on any atom is -0.457 e. The van der Waals surface area contributed by atoms with Crippen molar-refractivity contribution in [2.75, 3.05) is 0 Å². The van der Waals surface area contributed by atoms with Crippen LogP contribution in [0.5, 0.6) is 11.5 Å². The Morgan fingerprint density at radius 2 is 1.00 bits per heavy atom. The average molecular weight is 322 g/mol. The summed E-state index contributed by atoms with van der Waals surface area (Å²) in [7, 11) is 0. The first-order valence-corrected chi connectivity index (χ1v) is 7.88. The number of hydrogen-bond donors (Lipinski definition) is 0. The van der Waals surface area contributed by atoms with Gasteiger partial charge >= 0.3 is 0 Å². The molecule has 0 bridgehead atoms. The van der Waals surface area contributed by atoms with Crippen molar-refractivity contribution in [1.82, 2.24) is 0 Å². The lowest BCUT2D eigenvalue weighted by Crippen LogP contribution is -2.01. The quantitative estimate of drug-likeness (QED) is 0.725. The van der Waals surface area contributed by atoms with Gasteiger partial charge in [0.2, 0.25) is 0 Å². The van der Waals surface area contributed by atoms with Gasteiger partial charge in [-0.2, -0.15) is 0 Å². The average Bonchev–Trinajstić information content (AvgIpc) is 2.61. The van der Waals surface area contributed by atoms with Crippen molar-refractivity contribution in [2.45, 2.75) is 25.7 Å². The Labute approximate surface area is 150 Å². The van der Waals surface area contributed by atoms with E-state index in [4.69, 9.17) is 30.4 Å². The van der Waals surface area contributed by atoms with Crippen LogP contribution in [0.1, 0.15) is 22.3 Å². The lowest BCUT2D eigenvalue weighted by molar-refractivity contribution is 0.471. The van der Waals surface area contributed by atoms with Gasteiger partial charge in [-0.05, 0) is 23.3 Å². The third-order valence-corrected chi connectivity index (χ3v) is 3.82. The molecular formula is C24H18O. The zero-order valence-electron chi connectivity index (χ0n) is 14.0. The zero-order chi connectivity index (χ0) is 18.1. The third-order valence-electron chi connectivity index (χ3n) is 3.82. The SMILES string of the molecule is C#CCc1cccc(Oc2cccc(CC#C)c2CC#C)c1CC#C. The van der Waals surface area contributed by atoms with Gasteiger partial charge in [0, 0.05) is 36.8 Å². The van der Waals surface area contributed by atoms with Gasteiger partial charge in [0.25, 0.3) is 0 Å². The smallest absolute Gasteiger partial charge is 0.131 e. The lowest BCUT2D eigenvalue weighted by atomic mass is 10.00. The fourth-order valence-electron chi connectivity index (χ4n) is 2.69. The largest absolute Gasteiger partial charge is 0.457 e. The molecule has 1 nitrogen and oxygen atoms in total. The van der Waals surface area contributed by atoms with Crippen molar-refractivity contribution in [2.24, 2.45) is 0 Å². The molecule has 2 rings (SSSR count). The molecule has 120 valence electrons. The molecule has 2 aromatic carbocycles. The monoisotopic (exact) mass is 322 g/mol. The van der Waals surface area contributed by atoms with Crippen LogP contribution in [0, 0.1) is 49.4 Å². The molecule has 0 spiro atoms. The van der Waals surface area contributed by atoms with Crippen molar-refractivity contribution in [3.63, 3.8) is 0 Å². The topological polar surface area (TPSA) is 9.23 Å². The van der Waals surface area contributed by atoms with Crippen LogP contribution in [-0.2, 0) is 25.7 Å². The van der Waals surface area contributed by atoms with E-state index in [1.807, 2.05) is 36.4 Å². The summed E-state index contributed by atoms with van der Waals surface area (Å²) in [4.78, 5) is 0. The maximum absolute atomic E-state index is 6.19. The van der Waals surface area contributed by atoms with E-state index in [9.17, 15) is 0 Å². The summed E-state index contributed by atoms with van der Waals surface area (Å²) in [6.07, 6.45) is 23.9. The van der Waals surface area contributed by atoms with Crippen LogP contribution >= 0.6 is 0 Å². The number of rotatable bonds is 6. The second-order valence-electron chi connectivity index (χ2n) is 5.41. The zero-order valence-corrected chi connectivity index (χ0v) is 14.0. The number of hydrogen-bond acceptors (Lipinski definition) is 1. The molecule has 25 heavy (non-hydrogen) atoms. The fraction of sp³-hybridized carbons (Fsp3) is 0.167. The van der Waals surface area contributed by atoms with Gasteiger partial charge in [-0.1, -0.05) is 24.3 Å². The van der Waals surface area contributed by atoms with Gasteiger partial charge in [-0.25, -0.2) is 0 Å². The van der Waals surface area contributed by atoms with Crippen LogP contribution in [-0.4, -0.2) is 0 Å². The van der Waals surface area contributed by atoms with Crippen molar-refractivity contribution >= 4 is 0 Å². The molecule has 0 saturated carbocycles. The van der Waals surface area contributed by atoms with E-state index in [1.165, 1.54) is 0 Å². The summed E-state index contributed by atoms with van der Waals surface area (Å²) in [6.45, 7) is 0. The Bertz CT molecular complexity index is 843. The molecule has 1 heteroatoms. The predicted octanol–water partition coefficient (Wildman–Crippen LogP) is 4.18. The number of benzene rings is 2. The van der Waals surface area contributed by atoms with Crippen LogP contribution < -0.4 is 4.74 Å². The van der Waals surface area contributed by atoms with Crippen molar-refractivity contribution in [1.29, 1.82) is 0 Å². The standard InChI is InChI=1S/C24H18O/c1-5-11-19-15-9-17-23(21(19)13-7-3)25-24-18-10-16-20(12-6-2)22(24)14-8-4/h1-4,9-10,15-18H,11-14H2. The second kappa shape index (κ2) is 8.94. The Balaban J connectivity index is 2.50. The molecule has 2 aromatic rings. The molecule has 0 fully saturated rings. The molecule has 0 atom stereocenters. The van der Waals surface area contributed by atoms with Crippen LogP contribution in [0.25, 0.3) is 0 Å². The molecule has 0 aliphatic heterocycles. The Kier molecular flexibility index (Phi) is 6.38. The maximum atomic E-state index is 6.19. The van der Waals surface area contributed by atoms with E-state index in [0.717, 1.165) is 22.3 Å². The molecular weight excluding hydrogens is 304 g/mol. The van der Waals surface area contributed by atoms with E-state index < -0.39 is 0 Å². The summed E-state index contributed by atoms with van der Waals surface area (Å²) in [6, 6.07) is 11.5. The van der Waals surface area contributed by atoms with Gasteiger partial charge < -0.3 is 4.74 Å². The van der Waals surface area contributed by atoms with Crippen molar-refractivity contribution in [3.05, 3.63) is 58.7 Å². The Morgan fingerprint density at radius 1 is 0.600 bits per heavy atom. The molecule has 0 aromatic heterocycles. The number of ether oxygens (including phenoxy) is 1. The minimum absolute atomic E-state index is 0.446. The van der Waals surface area contributed by atoms with Crippen LogP contribution in [0.3, 0.4) is 0 Å². The second-order valence-corrected chi connectivity index (χ2v) is 5.41. The summed E-state index contributed by atoms with van der Waals surface area (Å²) in [5, 5.41) is 0.